The molecule has 0 aliphatic carbocycles. The van der Waals surface area contributed by atoms with E-state index in [1.807, 2.05) is 12.2 Å². The van der Waals surface area contributed by atoms with Gasteiger partial charge >= 0.3 is 11.9 Å². The Balaban J connectivity index is 4.37. The number of nitro groups is 1. The normalized spacial score (nSPS) is 13.9. The van der Waals surface area contributed by atoms with E-state index in [0.29, 0.717) is 12.8 Å². The number of carboxylic acids is 2. The zero-order valence-corrected chi connectivity index (χ0v) is 29.1. The summed E-state index contributed by atoms with van der Waals surface area (Å²) in [5, 5.41) is 29.0. The number of aliphatic carboxylic acids is 2. The van der Waals surface area contributed by atoms with E-state index in [9.17, 15) is 24.8 Å². The molecule has 0 aliphatic rings. The number of allylic oxidation sites excluding steroid dienone is 13. The van der Waals surface area contributed by atoms with Gasteiger partial charge in [0.15, 0.2) is 0 Å². The third kappa shape index (κ3) is 32.3. The lowest BCUT2D eigenvalue weighted by Crippen LogP contribution is -2.24. The van der Waals surface area contributed by atoms with E-state index in [0.717, 1.165) is 102 Å². The molecule has 2 atom stereocenters. The molecule has 0 fully saturated rings. The molecule has 0 aromatic heterocycles. The van der Waals surface area contributed by atoms with Crippen molar-refractivity contribution in [2.24, 2.45) is 11.8 Å². The highest BCUT2D eigenvalue weighted by molar-refractivity contribution is 5.80. The van der Waals surface area contributed by atoms with Gasteiger partial charge in [-0.2, -0.15) is 0 Å². The third-order valence-corrected chi connectivity index (χ3v) is 8.06. The summed E-state index contributed by atoms with van der Waals surface area (Å²) in [5.41, 5.74) is 0. The fourth-order valence-electron chi connectivity index (χ4n) is 5.41. The maximum atomic E-state index is 12.3. The lowest BCUT2D eigenvalue weighted by molar-refractivity contribution is -0.480. The molecule has 7 heteroatoms. The van der Waals surface area contributed by atoms with Crippen LogP contribution in [0.5, 0.6) is 0 Å². The first-order valence-electron chi connectivity index (χ1n) is 18.1. The predicted octanol–water partition coefficient (Wildman–Crippen LogP) is 11.4. The van der Waals surface area contributed by atoms with E-state index < -0.39 is 11.9 Å². The average molecular weight is 654 g/mol. The number of nitrogens with zero attached hydrogens (tertiary/aromatic N) is 1. The van der Waals surface area contributed by atoms with Crippen LogP contribution in [0, 0.1) is 22.0 Å². The van der Waals surface area contributed by atoms with Crippen molar-refractivity contribution in [1.29, 1.82) is 0 Å². The number of hydrogen-bond acceptors (Lipinski definition) is 4. The monoisotopic (exact) mass is 653 g/mol. The van der Waals surface area contributed by atoms with E-state index in [1.54, 1.807) is 6.08 Å². The summed E-state index contributed by atoms with van der Waals surface area (Å²) in [6.45, 7) is 2.27. The molecule has 0 spiro atoms. The molecule has 2 unspecified atom stereocenters. The van der Waals surface area contributed by atoms with Crippen molar-refractivity contribution < 1.29 is 24.7 Å². The number of rotatable bonds is 32. The van der Waals surface area contributed by atoms with Crippen molar-refractivity contribution in [1.82, 2.24) is 0 Å². The topological polar surface area (TPSA) is 118 Å². The van der Waals surface area contributed by atoms with Crippen LogP contribution in [0.1, 0.15) is 135 Å². The fourth-order valence-corrected chi connectivity index (χ4v) is 5.41. The van der Waals surface area contributed by atoms with Gasteiger partial charge in [-0.25, -0.2) is 4.79 Å². The van der Waals surface area contributed by atoms with Crippen molar-refractivity contribution >= 4 is 11.9 Å². The Morgan fingerprint density at radius 1 is 0.596 bits per heavy atom. The third-order valence-electron chi connectivity index (χ3n) is 8.06. The number of carboxylic acid groups (broad SMARTS) is 2. The van der Waals surface area contributed by atoms with Crippen LogP contribution in [-0.2, 0) is 9.59 Å². The van der Waals surface area contributed by atoms with Crippen molar-refractivity contribution in [3.05, 3.63) is 95.2 Å². The van der Waals surface area contributed by atoms with Gasteiger partial charge in [0, 0.05) is 17.4 Å². The molecule has 0 saturated heterocycles. The fraction of sp³-hybridized carbons (Fsp3) is 0.600. The maximum absolute atomic E-state index is 12.3. The smallest absolute Gasteiger partial charge is 0.328 e. The first-order chi connectivity index (χ1) is 22.9. The standard InChI is InChI=1S/C40H63NO6/c1-2-3-4-27-32-37(33-28-23-19-15-12-13-17-21-25-30-35-39(42)43)38(40(44)45)34-29-24-20-16-11-9-7-5-6-8-10-14-18-22-26-31-36-41(46)47/h5-6,9-11,13-14,17,20-21,24-25,30,35,37-38H,2-4,7-8,12,15-16,18-19,22-23,26-29,31-34,36H2,1H3,(H,42,43)(H,44,45)/b6-5-,11-9-,14-10-,17-13?,24-20-,25-21?,35-30?. The highest BCUT2D eigenvalue weighted by atomic mass is 16.6. The Morgan fingerprint density at radius 2 is 1.11 bits per heavy atom. The van der Waals surface area contributed by atoms with Crippen molar-refractivity contribution in [2.75, 3.05) is 6.54 Å². The van der Waals surface area contributed by atoms with Crippen LogP contribution < -0.4 is 0 Å². The highest BCUT2D eigenvalue weighted by Gasteiger charge is 2.26. The first-order valence-corrected chi connectivity index (χ1v) is 18.1. The second kappa shape index (κ2) is 33.9. The van der Waals surface area contributed by atoms with Crippen LogP contribution in [0.25, 0.3) is 0 Å². The minimum Gasteiger partial charge on any atom is -0.481 e. The molecule has 0 heterocycles. The number of carbonyl (C=O) groups is 2. The minimum atomic E-state index is -0.950. The van der Waals surface area contributed by atoms with Crippen LogP contribution in [0.4, 0.5) is 0 Å². The molecule has 264 valence electrons. The Labute approximate surface area is 285 Å². The van der Waals surface area contributed by atoms with Gasteiger partial charge < -0.3 is 10.2 Å². The van der Waals surface area contributed by atoms with Gasteiger partial charge in [0.1, 0.15) is 0 Å². The van der Waals surface area contributed by atoms with Gasteiger partial charge in [0.2, 0.25) is 6.54 Å². The lowest BCUT2D eigenvalue weighted by atomic mass is 9.81. The molecular weight excluding hydrogens is 590 g/mol. The van der Waals surface area contributed by atoms with Crippen LogP contribution in [0.3, 0.4) is 0 Å². The molecule has 0 amide bonds. The summed E-state index contributed by atoms with van der Waals surface area (Å²) in [4.78, 5) is 32.8. The predicted molar refractivity (Wildman–Crippen MR) is 196 cm³/mol. The zero-order chi connectivity index (χ0) is 34.6. The van der Waals surface area contributed by atoms with Crippen LogP contribution in [-0.4, -0.2) is 33.6 Å². The zero-order valence-electron chi connectivity index (χ0n) is 29.1. The largest absolute Gasteiger partial charge is 0.481 e. The molecule has 47 heavy (non-hydrogen) atoms. The van der Waals surface area contributed by atoms with Gasteiger partial charge in [0.05, 0.1) is 5.92 Å². The molecule has 7 nitrogen and oxygen atoms in total. The Kier molecular flexibility index (Phi) is 31.4. The summed E-state index contributed by atoms with van der Waals surface area (Å²) in [7, 11) is 0. The Hall–Kier alpha value is -3.48. The van der Waals surface area contributed by atoms with Crippen molar-refractivity contribution in [2.45, 2.75) is 135 Å². The van der Waals surface area contributed by atoms with Gasteiger partial charge in [-0.3, -0.25) is 14.9 Å². The summed E-state index contributed by atoms with van der Waals surface area (Å²) in [5.74, 6) is -1.64. The van der Waals surface area contributed by atoms with Gasteiger partial charge in [0.25, 0.3) is 0 Å². The Bertz CT molecular complexity index is 1000. The molecule has 0 aromatic carbocycles. The molecule has 0 saturated carbocycles. The van der Waals surface area contributed by atoms with Gasteiger partial charge in [-0.15, -0.1) is 0 Å². The SMILES string of the molecule is CCCCCCC(CCCCCCC=CC=CC=CC(=O)O)C(CC/C=C\C/C=C\C/C=C\C/C=C\CCCCC[N+](=O)[O-])C(=O)O. The van der Waals surface area contributed by atoms with E-state index >= 15 is 0 Å². The summed E-state index contributed by atoms with van der Waals surface area (Å²) < 4.78 is 0. The summed E-state index contributed by atoms with van der Waals surface area (Å²) >= 11 is 0. The average Bonchev–Trinajstić information content (AvgIpc) is 3.03. The summed E-state index contributed by atoms with van der Waals surface area (Å²) in [6.07, 6.45) is 47.2. The number of unbranched alkanes of at least 4 members (excludes halogenated alkanes) is 10. The molecule has 0 aliphatic heterocycles. The van der Waals surface area contributed by atoms with E-state index in [4.69, 9.17) is 5.11 Å². The van der Waals surface area contributed by atoms with Crippen molar-refractivity contribution in [3.63, 3.8) is 0 Å². The van der Waals surface area contributed by atoms with Gasteiger partial charge in [-0.1, -0.05) is 131 Å². The minimum absolute atomic E-state index is 0.0717. The second-order valence-corrected chi connectivity index (χ2v) is 12.1. The number of hydrogen-bond donors (Lipinski definition) is 2. The first kappa shape index (κ1) is 43.5. The molecule has 0 aromatic rings. The maximum Gasteiger partial charge on any atom is 0.328 e. The lowest BCUT2D eigenvalue weighted by Gasteiger charge is -2.24. The van der Waals surface area contributed by atoms with Crippen LogP contribution in [0.2, 0.25) is 0 Å². The molecule has 0 radical (unpaired) electrons. The molecule has 2 N–H and O–H groups in total. The van der Waals surface area contributed by atoms with Gasteiger partial charge in [-0.05, 0) is 83.0 Å². The molecular formula is C40H63NO6. The van der Waals surface area contributed by atoms with Crippen molar-refractivity contribution in [3.8, 4) is 0 Å². The quantitative estimate of drug-likeness (QED) is 0.0186. The Morgan fingerprint density at radius 3 is 1.68 bits per heavy atom. The second-order valence-electron chi connectivity index (χ2n) is 12.1. The molecule has 0 bridgehead atoms. The van der Waals surface area contributed by atoms with Crippen LogP contribution >= 0.6 is 0 Å². The molecule has 0 rings (SSSR count). The van der Waals surface area contributed by atoms with E-state index in [-0.39, 0.29) is 23.3 Å². The summed E-state index contributed by atoms with van der Waals surface area (Å²) in [6, 6.07) is 0. The highest BCUT2D eigenvalue weighted by Crippen LogP contribution is 2.29. The van der Waals surface area contributed by atoms with Crippen LogP contribution in [0.15, 0.2) is 85.1 Å². The van der Waals surface area contributed by atoms with E-state index in [1.165, 1.54) is 25.3 Å². The van der Waals surface area contributed by atoms with E-state index in [2.05, 4.69) is 61.6 Å².